The molecule has 0 spiro atoms. The van der Waals surface area contributed by atoms with Crippen molar-refractivity contribution in [3.63, 3.8) is 0 Å². The van der Waals surface area contributed by atoms with Gasteiger partial charge in [-0.2, -0.15) is 0 Å². The second kappa shape index (κ2) is 9.36. The average Bonchev–Trinajstić information content (AvgIpc) is 3.08. The van der Waals surface area contributed by atoms with Crippen molar-refractivity contribution in [2.75, 3.05) is 16.9 Å². The largest absolute Gasteiger partial charge is 0.324 e. The fourth-order valence-electron chi connectivity index (χ4n) is 3.36. The maximum Gasteiger partial charge on any atom is 0.255 e. The summed E-state index contributed by atoms with van der Waals surface area (Å²) in [6.45, 7) is 0.598. The molecule has 4 rings (SSSR count). The number of benzene rings is 2. The molecule has 2 aromatic carbocycles. The van der Waals surface area contributed by atoms with Gasteiger partial charge in [0.25, 0.3) is 5.91 Å². The molecule has 0 saturated carbocycles. The van der Waals surface area contributed by atoms with Gasteiger partial charge in [0.2, 0.25) is 5.91 Å². The summed E-state index contributed by atoms with van der Waals surface area (Å²) in [5, 5.41) is 7.05. The minimum absolute atomic E-state index is 0.215. The number of hydrogen-bond donors (Lipinski definition) is 1. The molecule has 158 valence electrons. The number of hydrazine groups is 1. The lowest BCUT2D eigenvalue weighted by Gasteiger charge is -2.28. The Balaban J connectivity index is 1.61. The van der Waals surface area contributed by atoms with Gasteiger partial charge in [-0.25, -0.2) is 15.0 Å². The van der Waals surface area contributed by atoms with Gasteiger partial charge in [0.05, 0.1) is 17.6 Å². The Labute approximate surface area is 197 Å². The second-order valence-electron chi connectivity index (χ2n) is 6.98. The van der Waals surface area contributed by atoms with Crippen LogP contribution in [0, 0.1) is 5.92 Å². The molecular formula is C22H17BrCl2N4O2. The monoisotopic (exact) mass is 518 g/mol. The highest BCUT2D eigenvalue weighted by Crippen LogP contribution is 2.30. The van der Waals surface area contributed by atoms with Gasteiger partial charge in [-0.15, -0.1) is 0 Å². The molecule has 1 aliphatic heterocycles. The highest BCUT2D eigenvalue weighted by atomic mass is 79.9. The maximum absolute atomic E-state index is 13.3. The summed E-state index contributed by atoms with van der Waals surface area (Å²) >= 11 is 15.6. The van der Waals surface area contributed by atoms with Gasteiger partial charge >= 0.3 is 0 Å². The topological polar surface area (TPSA) is 65.5 Å². The number of rotatable bonds is 5. The summed E-state index contributed by atoms with van der Waals surface area (Å²) in [6.07, 6.45) is 1.45. The zero-order valence-corrected chi connectivity index (χ0v) is 19.2. The number of nitrogens with one attached hydrogen (secondary N) is 1. The first-order valence-electron chi connectivity index (χ1n) is 9.42. The fourth-order valence-corrected chi connectivity index (χ4v) is 3.93. The highest BCUT2D eigenvalue weighted by Gasteiger charge is 2.43. The van der Waals surface area contributed by atoms with E-state index in [9.17, 15) is 9.59 Å². The van der Waals surface area contributed by atoms with Gasteiger partial charge in [-0.3, -0.25) is 9.59 Å². The Morgan fingerprint density at radius 3 is 2.52 bits per heavy atom. The molecule has 2 amide bonds. The van der Waals surface area contributed by atoms with Crippen LogP contribution < -0.4 is 10.3 Å². The molecule has 0 bridgehead atoms. The van der Waals surface area contributed by atoms with Gasteiger partial charge in [0.1, 0.15) is 11.1 Å². The standard InChI is InChI=1S/C22H17BrCl2N4O2/c23-15-5-8-17(9-6-15)29-22(31)18(21(30)27-16-7-10-20(25)26-11-16)13-28(29)12-14-3-1-2-4-19(14)24/h1-11,18H,12-13H2,(H,27,30). The number of carbonyl (C=O) groups is 2. The number of amides is 2. The van der Waals surface area contributed by atoms with Crippen LogP contribution in [0.4, 0.5) is 11.4 Å². The van der Waals surface area contributed by atoms with Crippen LogP contribution in [0.25, 0.3) is 0 Å². The number of anilines is 2. The highest BCUT2D eigenvalue weighted by molar-refractivity contribution is 9.10. The molecule has 0 radical (unpaired) electrons. The van der Waals surface area contributed by atoms with Gasteiger partial charge in [-0.05, 0) is 48.0 Å². The number of carbonyl (C=O) groups excluding carboxylic acids is 2. The van der Waals surface area contributed by atoms with Crippen LogP contribution in [0.2, 0.25) is 10.2 Å². The third-order valence-corrected chi connectivity index (χ3v) is 6.00. The predicted octanol–water partition coefficient (Wildman–Crippen LogP) is 5.17. The van der Waals surface area contributed by atoms with Crippen molar-refractivity contribution >= 4 is 62.3 Å². The first-order valence-corrected chi connectivity index (χ1v) is 11.0. The van der Waals surface area contributed by atoms with Crippen molar-refractivity contribution in [1.29, 1.82) is 0 Å². The first kappa shape index (κ1) is 21.8. The van der Waals surface area contributed by atoms with Gasteiger partial charge in [0, 0.05) is 22.6 Å². The molecule has 1 fully saturated rings. The lowest BCUT2D eigenvalue weighted by molar-refractivity contribution is -0.128. The smallest absolute Gasteiger partial charge is 0.255 e. The number of pyridine rings is 1. The van der Waals surface area contributed by atoms with E-state index in [1.54, 1.807) is 23.2 Å². The van der Waals surface area contributed by atoms with E-state index in [4.69, 9.17) is 23.2 Å². The van der Waals surface area contributed by atoms with Crippen LogP contribution >= 0.6 is 39.1 Å². The van der Waals surface area contributed by atoms with E-state index < -0.39 is 11.8 Å². The third kappa shape index (κ3) is 4.91. The maximum atomic E-state index is 13.3. The van der Waals surface area contributed by atoms with Crippen LogP contribution in [0.5, 0.6) is 0 Å². The van der Waals surface area contributed by atoms with E-state index in [0.29, 0.717) is 28.1 Å². The normalized spacial score (nSPS) is 16.5. The van der Waals surface area contributed by atoms with Gasteiger partial charge in [-0.1, -0.05) is 57.3 Å². The van der Waals surface area contributed by atoms with E-state index in [2.05, 4.69) is 26.2 Å². The minimum Gasteiger partial charge on any atom is -0.324 e. The van der Waals surface area contributed by atoms with Crippen molar-refractivity contribution in [1.82, 2.24) is 9.99 Å². The molecule has 1 aliphatic rings. The van der Waals surface area contributed by atoms with E-state index in [0.717, 1.165) is 10.0 Å². The molecule has 0 aliphatic carbocycles. The Morgan fingerprint density at radius 1 is 1.10 bits per heavy atom. The Morgan fingerprint density at radius 2 is 1.84 bits per heavy atom. The number of aromatic nitrogens is 1. The zero-order chi connectivity index (χ0) is 22.0. The molecule has 6 nitrogen and oxygen atoms in total. The molecule has 1 atom stereocenters. The molecule has 1 saturated heterocycles. The van der Waals surface area contributed by atoms with Gasteiger partial charge < -0.3 is 5.32 Å². The van der Waals surface area contributed by atoms with Gasteiger partial charge in [0.15, 0.2) is 0 Å². The molecule has 1 unspecified atom stereocenters. The molecular weight excluding hydrogens is 503 g/mol. The minimum atomic E-state index is -0.887. The van der Waals surface area contributed by atoms with Crippen LogP contribution in [-0.4, -0.2) is 28.4 Å². The van der Waals surface area contributed by atoms with Crippen LogP contribution in [-0.2, 0) is 16.1 Å². The molecule has 31 heavy (non-hydrogen) atoms. The van der Waals surface area contributed by atoms with Crippen molar-refractivity contribution in [3.8, 4) is 0 Å². The van der Waals surface area contributed by atoms with Crippen LogP contribution in [0.1, 0.15) is 5.56 Å². The molecule has 9 heteroatoms. The summed E-state index contributed by atoms with van der Waals surface area (Å²) in [4.78, 5) is 30.2. The predicted molar refractivity (Wildman–Crippen MR) is 125 cm³/mol. The summed E-state index contributed by atoms with van der Waals surface area (Å²) in [5.41, 5.74) is 2.01. The molecule has 1 N–H and O–H groups in total. The SMILES string of the molecule is O=C(Nc1ccc(Cl)nc1)C1CN(Cc2ccccc2Cl)N(c2ccc(Br)cc2)C1=O. The van der Waals surface area contributed by atoms with Crippen molar-refractivity contribution in [3.05, 3.63) is 87.1 Å². The Hall–Kier alpha value is -2.45. The summed E-state index contributed by atoms with van der Waals surface area (Å²) in [5.74, 6) is -1.60. The molecule has 3 aromatic rings. The third-order valence-electron chi connectivity index (χ3n) is 4.88. The first-order chi connectivity index (χ1) is 14.9. The quantitative estimate of drug-likeness (QED) is 0.373. The van der Waals surface area contributed by atoms with E-state index in [-0.39, 0.29) is 12.5 Å². The number of hydrogen-bond acceptors (Lipinski definition) is 4. The summed E-state index contributed by atoms with van der Waals surface area (Å²) < 4.78 is 0.894. The fraction of sp³-hybridized carbons (Fsp3) is 0.136. The summed E-state index contributed by atoms with van der Waals surface area (Å²) in [6, 6.07) is 18.0. The Kier molecular flexibility index (Phi) is 6.57. The number of halogens is 3. The van der Waals surface area contributed by atoms with Crippen molar-refractivity contribution in [2.24, 2.45) is 5.92 Å². The van der Waals surface area contributed by atoms with E-state index >= 15 is 0 Å². The van der Waals surface area contributed by atoms with Crippen LogP contribution in [0.15, 0.2) is 71.3 Å². The zero-order valence-electron chi connectivity index (χ0n) is 16.1. The number of nitrogens with zero attached hydrogens (tertiary/aromatic N) is 3. The van der Waals surface area contributed by atoms with E-state index in [1.165, 1.54) is 6.20 Å². The van der Waals surface area contributed by atoms with Crippen LogP contribution in [0.3, 0.4) is 0 Å². The lowest BCUT2D eigenvalue weighted by Crippen LogP contribution is -2.39. The van der Waals surface area contributed by atoms with E-state index in [1.807, 2.05) is 47.5 Å². The average molecular weight is 520 g/mol. The molecule has 1 aromatic heterocycles. The lowest BCUT2D eigenvalue weighted by atomic mass is 10.1. The summed E-state index contributed by atoms with van der Waals surface area (Å²) in [7, 11) is 0. The molecule has 2 heterocycles. The Bertz CT molecular complexity index is 1110. The van der Waals surface area contributed by atoms with Crippen molar-refractivity contribution < 1.29 is 9.59 Å². The van der Waals surface area contributed by atoms with Crippen molar-refractivity contribution in [2.45, 2.75) is 6.54 Å². The second-order valence-corrected chi connectivity index (χ2v) is 8.69.